The van der Waals surface area contributed by atoms with Gasteiger partial charge in [-0.05, 0) is 108 Å². The molecule has 264 valence electrons. The molecule has 0 N–H and O–H groups in total. The van der Waals surface area contributed by atoms with E-state index in [1.807, 2.05) is 11.3 Å². The lowest BCUT2D eigenvalue weighted by molar-refractivity contribution is 1.07. The lowest BCUT2D eigenvalue weighted by Gasteiger charge is -2.26. The molecule has 56 heavy (non-hydrogen) atoms. The third-order valence-corrected chi connectivity index (χ3v) is 12.0. The van der Waals surface area contributed by atoms with Crippen molar-refractivity contribution in [1.82, 2.24) is 9.13 Å². The predicted octanol–water partition coefficient (Wildman–Crippen LogP) is 14.7. The Labute approximate surface area is 329 Å². The Morgan fingerprint density at radius 2 is 0.982 bits per heavy atom. The van der Waals surface area contributed by atoms with E-state index in [9.17, 15) is 0 Å². The molecule has 3 heterocycles. The Hall–Kier alpha value is -7.14. The zero-order valence-electron chi connectivity index (χ0n) is 30.5. The molecule has 3 aromatic heterocycles. The van der Waals surface area contributed by atoms with E-state index in [0.717, 1.165) is 34.1 Å². The van der Waals surface area contributed by atoms with Crippen LogP contribution in [0.3, 0.4) is 0 Å². The first-order chi connectivity index (χ1) is 27.8. The maximum atomic E-state index is 2.44. The van der Waals surface area contributed by atoms with Gasteiger partial charge in [-0.1, -0.05) is 121 Å². The molecule has 0 spiro atoms. The van der Waals surface area contributed by atoms with Crippen LogP contribution in [-0.2, 0) is 0 Å². The second-order valence-corrected chi connectivity index (χ2v) is 15.3. The SMILES string of the molecule is c1ccc(-c2cc3ccc(-c4ccc5c(c4)cc(N(c4ccccc4)c4ccccc4)n5-c4ccccc4)cc3n2-c2ccc3sc4ccccc4c3c2)cc1. The maximum absolute atomic E-state index is 2.44. The average Bonchev–Trinajstić information content (AvgIpc) is 3.96. The molecule has 0 amide bonds. The third-order valence-electron chi connectivity index (χ3n) is 10.9. The fourth-order valence-electron chi connectivity index (χ4n) is 8.29. The number of para-hydroxylation sites is 3. The van der Waals surface area contributed by atoms with Gasteiger partial charge in [0.1, 0.15) is 5.82 Å². The molecule has 0 radical (unpaired) electrons. The van der Waals surface area contributed by atoms with Crippen LogP contribution in [0.4, 0.5) is 17.2 Å². The van der Waals surface area contributed by atoms with E-state index < -0.39 is 0 Å². The summed E-state index contributed by atoms with van der Waals surface area (Å²) in [5, 5.41) is 4.99. The number of aromatic nitrogens is 2. The number of nitrogens with zero attached hydrogens (tertiary/aromatic N) is 3. The van der Waals surface area contributed by atoms with Crippen LogP contribution in [0.1, 0.15) is 0 Å². The molecule has 11 rings (SSSR count). The van der Waals surface area contributed by atoms with Gasteiger partial charge >= 0.3 is 0 Å². The van der Waals surface area contributed by atoms with E-state index in [1.54, 1.807) is 0 Å². The highest BCUT2D eigenvalue weighted by Crippen LogP contribution is 2.42. The summed E-state index contributed by atoms with van der Waals surface area (Å²) in [7, 11) is 0. The van der Waals surface area contributed by atoms with Crippen molar-refractivity contribution in [2.75, 3.05) is 4.90 Å². The summed E-state index contributed by atoms with van der Waals surface area (Å²) >= 11 is 1.86. The van der Waals surface area contributed by atoms with Crippen molar-refractivity contribution in [2.45, 2.75) is 0 Å². The Kier molecular flexibility index (Phi) is 7.68. The van der Waals surface area contributed by atoms with Crippen LogP contribution in [0, 0.1) is 0 Å². The minimum atomic E-state index is 1.08. The molecule has 0 unspecified atom stereocenters. The smallest absolute Gasteiger partial charge is 0.123 e. The van der Waals surface area contributed by atoms with Gasteiger partial charge in [0.2, 0.25) is 0 Å². The van der Waals surface area contributed by atoms with Crippen molar-refractivity contribution < 1.29 is 0 Å². The molecule has 4 heteroatoms. The van der Waals surface area contributed by atoms with Gasteiger partial charge in [-0.3, -0.25) is 9.47 Å². The van der Waals surface area contributed by atoms with Crippen LogP contribution in [0.15, 0.2) is 212 Å². The summed E-state index contributed by atoms with van der Waals surface area (Å²) in [6.45, 7) is 0. The third kappa shape index (κ3) is 5.42. The number of rotatable bonds is 7. The molecule has 8 aromatic carbocycles. The van der Waals surface area contributed by atoms with Crippen molar-refractivity contribution in [3.05, 3.63) is 212 Å². The summed E-state index contributed by atoms with van der Waals surface area (Å²) in [6.07, 6.45) is 0. The molecule has 0 aliphatic carbocycles. The maximum Gasteiger partial charge on any atom is 0.123 e. The van der Waals surface area contributed by atoms with Crippen LogP contribution < -0.4 is 4.90 Å². The van der Waals surface area contributed by atoms with Gasteiger partial charge < -0.3 is 4.57 Å². The monoisotopic (exact) mass is 733 g/mol. The molecule has 0 atom stereocenters. The number of benzene rings is 8. The van der Waals surface area contributed by atoms with E-state index in [1.165, 1.54) is 58.8 Å². The quantitative estimate of drug-likeness (QED) is 0.159. The molecule has 0 saturated carbocycles. The summed E-state index contributed by atoms with van der Waals surface area (Å²) in [5.41, 5.74) is 11.5. The van der Waals surface area contributed by atoms with Gasteiger partial charge in [0.05, 0.1) is 16.7 Å². The molecule has 3 nitrogen and oxygen atoms in total. The lowest BCUT2D eigenvalue weighted by atomic mass is 10.0. The molecular weight excluding hydrogens is 699 g/mol. The molecule has 0 fully saturated rings. The highest BCUT2D eigenvalue weighted by Gasteiger charge is 2.21. The van der Waals surface area contributed by atoms with Crippen molar-refractivity contribution >= 4 is 70.5 Å². The van der Waals surface area contributed by atoms with Crippen molar-refractivity contribution in [3.8, 4) is 33.8 Å². The zero-order valence-corrected chi connectivity index (χ0v) is 31.3. The van der Waals surface area contributed by atoms with Gasteiger partial charge in [-0.2, -0.15) is 0 Å². The molecule has 11 aromatic rings. The van der Waals surface area contributed by atoms with E-state index >= 15 is 0 Å². The van der Waals surface area contributed by atoms with Gasteiger partial charge in [0.25, 0.3) is 0 Å². The standard InChI is InChI=1S/C52H35N3S/c1-5-15-36(16-6-1)48-33-39-26-25-38(32-49(39)54(48)44-28-30-51-46(35-44)45-23-13-14-24-50(45)56-51)37-27-29-47-40(31-37)34-52(55(47)43-21-11-4-12-22-43)53(41-17-7-2-8-18-41)42-19-9-3-10-20-42/h1-35H. The minimum Gasteiger partial charge on any atom is -0.309 e. The topological polar surface area (TPSA) is 13.1 Å². The predicted molar refractivity (Wildman–Crippen MR) is 239 cm³/mol. The first-order valence-corrected chi connectivity index (χ1v) is 19.8. The van der Waals surface area contributed by atoms with E-state index in [4.69, 9.17) is 0 Å². The Morgan fingerprint density at radius 3 is 1.73 bits per heavy atom. The molecule has 0 aliphatic heterocycles. The number of hydrogen-bond donors (Lipinski definition) is 0. The van der Waals surface area contributed by atoms with E-state index in [2.05, 4.69) is 226 Å². The Balaban J connectivity index is 1.10. The normalized spacial score (nSPS) is 11.6. The highest BCUT2D eigenvalue weighted by atomic mass is 32.1. The van der Waals surface area contributed by atoms with Gasteiger partial charge in [-0.15, -0.1) is 11.3 Å². The Morgan fingerprint density at radius 1 is 0.357 bits per heavy atom. The van der Waals surface area contributed by atoms with Gasteiger partial charge in [0, 0.05) is 53.7 Å². The second kappa shape index (κ2) is 13.3. The van der Waals surface area contributed by atoms with Crippen molar-refractivity contribution in [1.29, 1.82) is 0 Å². The molecule has 0 saturated heterocycles. The fraction of sp³-hybridized carbons (Fsp3) is 0. The van der Waals surface area contributed by atoms with Crippen LogP contribution in [0.25, 0.3) is 75.7 Å². The lowest BCUT2D eigenvalue weighted by Crippen LogP contribution is -2.13. The van der Waals surface area contributed by atoms with E-state index in [-0.39, 0.29) is 0 Å². The summed E-state index contributed by atoms with van der Waals surface area (Å²) in [6, 6.07) is 76.9. The summed E-state index contributed by atoms with van der Waals surface area (Å²) in [5.74, 6) is 1.08. The first-order valence-electron chi connectivity index (χ1n) is 19.0. The Bertz CT molecular complexity index is 3140. The van der Waals surface area contributed by atoms with Crippen LogP contribution >= 0.6 is 11.3 Å². The first kappa shape index (κ1) is 32.3. The van der Waals surface area contributed by atoms with Crippen LogP contribution in [0.2, 0.25) is 0 Å². The van der Waals surface area contributed by atoms with Crippen molar-refractivity contribution in [3.63, 3.8) is 0 Å². The highest BCUT2D eigenvalue weighted by molar-refractivity contribution is 7.25. The average molecular weight is 734 g/mol. The second-order valence-electron chi connectivity index (χ2n) is 14.2. The largest absolute Gasteiger partial charge is 0.309 e. The summed E-state index contributed by atoms with van der Waals surface area (Å²) in [4.78, 5) is 2.35. The molecular formula is C52H35N3S. The van der Waals surface area contributed by atoms with Crippen LogP contribution in [-0.4, -0.2) is 9.13 Å². The van der Waals surface area contributed by atoms with E-state index in [0.29, 0.717) is 0 Å². The fourth-order valence-corrected chi connectivity index (χ4v) is 9.38. The molecule has 0 aliphatic rings. The number of fused-ring (bicyclic) bond motifs is 5. The minimum absolute atomic E-state index is 1.08. The zero-order chi connectivity index (χ0) is 37.0. The summed E-state index contributed by atoms with van der Waals surface area (Å²) < 4.78 is 7.45. The molecule has 0 bridgehead atoms. The van der Waals surface area contributed by atoms with Gasteiger partial charge in [0.15, 0.2) is 0 Å². The number of hydrogen-bond acceptors (Lipinski definition) is 2. The van der Waals surface area contributed by atoms with Gasteiger partial charge in [-0.25, -0.2) is 0 Å². The number of thiophene rings is 1. The number of anilines is 3. The van der Waals surface area contributed by atoms with Crippen molar-refractivity contribution in [2.24, 2.45) is 0 Å². The van der Waals surface area contributed by atoms with Crippen LogP contribution in [0.5, 0.6) is 0 Å².